The first-order valence-corrected chi connectivity index (χ1v) is 7.06. The Hall–Kier alpha value is -2.08. The van der Waals surface area contributed by atoms with Gasteiger partial charge in [0.05, 0.1) is 5.56 Å². The van der Waals surface area contributed by atoms with Crippen LogP contribution in [0.15, 0.2) is 65.3 Å². The molecule has 0 atom stereocenters. The van der Waals surface area contributed by atoms with Crippen LogP contribution in [-0.4, -0.2) is 5.78 Å². The maximum atomic E-state index is 12.6. The van der Waals surface area contributed by atoms with Crippen molar-refractivity contribution in [1.29, 1.82) is 0 Å². The molecule has 0 saturated heterocycles. The molecule has 0 spiro atoms. The fourth-order valence-corrected chi connectivity index (χ4v) is 1.97. The molecule has 2 nitrogen and oxygen atoms in total. The third kappa shape index (κ3) is 4.46. The molecule has 0 fully saturated rings. The first-order valence-electron chi connectivity index (χ1n) is 6.26. The molecule has 0 radical (unpaired) electrons. The minimum atomic E-state index is -4.39. The van der Waals surface area contributed by atoms with Crippen LogP contribution in [0.4, 0.5) is 18.9 Å². The van der Waals surface area contributed by atoms with Crippen molar-refractivity contribution < 1.29 is 18.0 Å². The summed E-state index contributed by atoms with van der Waals surface area (Å²) < 4.78 is 38.6. The Morgan fingerprint density at radius 1 is 1.09 bits per heavy atom. The van der Waals surface area contributed by atoms with Crippen LogP contribution in [0.2, 0.25) is 0 Å². The van der Waals surface area contributed by atoms with E-state index in [1.54, 1.807) is 24.3 Å². The predicted octanol–water partition coefficient (Wildman–Crippen LogP) is 5.28. The molecule has 0 aliphatic heterocycles. The molecule has 2 aromatic rings. The van der Waals surface area contributed by atoms with E-state index in [0.717, 1.165) is 16.6 Å². The van der Waals surface area contributed by atoms with Crippen molar-refractivity contribution in [2.24, 2.45) is 0 Å². The Morgan fingerprint density at radius 2 is 1.77 bits per heavy atom. The minimum absolute atomic E-state index is 0.244. The van der Waals surface area contributed by atoms with Gasteiger partial charge in [-0.2, -0.15) is 13.2 Å². The van der Waals surface area contributed by atoms with Gasteiger partial charge in [-0.3, -0.25) is 4.79 Å². The van der Waals surface area contributed by atoms with E-state index in [9.17, 15) is 18.0 Å². The van der Waals surface area contributed by atoms with Crippen LogP contribution in [0.1, 0.15) is 15.9 Å². The average molecular weight is 370 g/mol. The molecule has 0 aliphatic rings. The summed E-state index contributed by atoms with van der Waals surface area (Å²) in [7, 11) is 0. The molecule has 0 aromatic heterocycles. The van der Waals surface area contributed by atoms with Gasteiger partial charge in [0.25, 0.3) is 0 Å². The summed E-state index contributed by atoms with van der Waals surface area (Å²) in [4.78, 5) is 11.9. The van der Waals surface area contributed by atoms with Crippen LogP contribution in [0.25, 0.3) is 0 Å². The normalized spacial score (nSPS) is 11.6. The predicted molar refractivity (Wildman–Crippen MR) is 82.7 cm³/mol. The first-order chi connectivity index (χ1) is 10.4. The molecular formula is C16H11BrF3NO. The van der Waals surface area contributed by atoms with Gasteiger partial charge in [0, 0.05) is 28.0 Å². The van der Waals surface area contributed by atoms with Crippen LogP contribution in [0, 0.1) is 0 Å². The number of hydrogen-bond acceptors (Lipinski definition) is 2. The van der Waals surface area contributed by atoms with E-state index in [-0.39, 0.29) is 11.5 Å². The Labute approximate surface area is 133 Å². The summed E-state index contributed by atoms with van der Waals surface area (Å²) in [5, 5.41) is 2.66. The van der Waals surface area contributed by atoms with E-state index in [0.29, 0.717) is 5.56 Å². The summed E-state index contributed by atoms with van der Waals surface area (Å²) in [5.41, 5.74) is 0.00473. The molecule has 0 aliphatic carbocycles. The zero-order valence-electron chi connectivity index (χ0n) is 11.2. The summed E-state index contributed by atoms with van der Waals surface area (Å²) in [6.45, 7) is 0. The van der Waals surface area contributed by atoms with Crippen molar-refractivity contribution in [2.45, 2.75) is 6.18 Å². The van der Waals surface area contributed by atoms with Crippen molar-refractivity contribution in [2.75, 3.05) is 5.32 Å². The second-order valence-corrected chi connectivity index (χ2v) is 5.34. The number of ketones is 1. The largest absolute Gasteiger partial charge is 0.416 e. The van der Waals surface area contributed by atoms with Crippen LogP contribution < -0.4 is 5.32 Å². The third-order valence-corrected chi connectivity index (χ3v) is 3.33. The standard InChI is InChI=1S/C16H11BrF3NO/c17-13-6-4-11(5-7-13)15(22)8-9-21-14-3-1-2-12(10-14)16(18,19)20/h1-10,21H/b9-8+. The van der Waals surface area contributed by atoms with E-state index in [1.807, 2.05) is 0 Å². The van der Waals surface area contributed by atoms with Gasteiger partial charge in [-0.05, 0) is 42.5 Å². The number of hydrogen-bond donors (Lipinski definition) is 1. The molecule has 2 aromatic carbocycles. The van der Waals surface area contributed by atoms with E-state index < -0.39 is 11.7 Å². The Morgan fingerprint density at radius 3 is 2.41 bits per heavy atom. The molecule has 6 heteroatoms. The zero-order valence-corrected chi connectivity index (χ0v) is 12.8. The number of alkyl halides is 3. The molecule has 2 rings (SSSR count). The molecule has 0 saturated carbocycles. The van der Waals surface area contributed by atoms with Gasteiger partial charge in [-0.25, -0.2) is 0 Å². The molecular weight excluding hydrogens is 359 g/mol. The number of benzene rings is 2. The lowest BCUT2D eigenvalue weighted by Gasteiger charge is -2.08. The molecule has 22 heavy (non-hydrogen) atoms. The monoisotopic (exact) mass is 369 g/mol. The lowest BCUT2D eigenvalue weighted by molar-refractivity contribution is -0.137. The van der Waals surface area contributed by atoms with E-state index in [1.165, 1.54) is 24.4 Å². The Bertz CT molecular complexity index is 693. The van der Waals surface area contributed by atoms with Gasteiger partial charge in [0.1, 0.15) is 0 Å². The summed E-state index contributed by atoms with van der Waals surface area (Å²) >= 11 is 3.27. The van der Waals surface area contributed by atoms with Crippen molar-refractivity contribution in [3.8, 4) is 0 Å². The molecule has 0 unspecified atom stereocenters. The lowest BCUT2D eigenvalue weighted by atomic mass is 10.1. The molecule has 1 N–H and O–H groups in total. The van der Waals surface area contributed by atoms with Crippen LogP contribution in [-0.2, 0) is 6.18 Å². The van der Waals surface area contributed by atoms with Crippen molar-refractivity contribution in [1.82, 2.24) is 0 Å². The maximum absolute atomic E-state index is 12.6. The van der Waals surface area contributed by atoms with Gasteiger partial charge in [0.2, 0.25) is 0 Å². The fraction of sp³-hybridized carbons (Fsp3) is 0.0625. The molecule has 0 bridgehead atoms. The number of carbonyl (C=O) groups excluding carboxylic acids is 1. The van der Waals surface area contributed by atoms with Gasteiger partial charge in [-0.1, -0.05) is 22.0 Å². The summed E-state index contributed by atoms with van der Waals surface area (Å²) in [6, 6.07) is 11.5. The second kappa shape index (κ2) is 6.79. The van der Waals surface area contributed by atoms with Crippen molar-refractivity contribution >= 4 is 27.4 Å². The van der Waals surface area contributed by atoms with Gasteiger partial charge >= 0.3 is 6.18 Å². The average Bonchev–Trinajstić information content (AvgIpc) is 2.47. The highest BCUT2D eigenvalue weighted by Gasteiger charge is 2.30. The molecule has 0 heterocycles. The Balaban J connectivity index is 2.03. The SMILES string of the molecule is O=C(/C=C/Nc1cccc(C(F)(F)F)c1)c1ccc(Br)cc1. The highest BCUT2D eigenvalue weighted by atomic mass is 79.9. The second-order valence-electron chi connectivity index (χ2n) is 4.43. The fourth-order valence-electron chi connectivity index (χ4n) is 1.71. The number of carbonyl (C=O) groups is 1. The number of rotatable bonds is 4. The van der Waals surface area contributed by atoms with Crippen LogP contribution >= 0.6 is 15.9 Å². The quantitative estimate of drug-likeness (QED) is 0.586. The number of nitrogens with one attached hydrogen (secondary N) is 1. The number of halogens is 4. The number of anilines is 1. The van der Waals surface area contributed by atoms with Gasteiger partial charge in [0.15, 0.2) is 5.78 Å². The van der Waals surface area contributed by atoms with Crippen LogP contribution in [0.5, 0.6) is 0 Å². The third-order valence-electron chi connectivity index (χ3n) is 2.80. The first kappa shape index (κ1) is 16.3. The summed E-state index contributed by atoms with van der Waals surface area (Å²) in [5.74, 6) is -0.244. The van der Waals surface area contributed by atoms with Gasteiger partial charge < -0.3 is 5.32 Å². The minimum Gasteiger partial charge on any atom is -0.362 e. The van der Waals surface area contributed by atoms with E-state index >= 15 is 0 Å². The lowest BCUT2D eigenvalue weighted by Crippen LogP contribution is -2.05. The van der Waals surface area contributed by atoms with Crippen LogP contribution in [0.3, 0.4) is 0 Å². The van der Waals surface area contributed by atoms with Gasteiger partial charge in [-0.15, -0.1) is 0 Å². The number of allylic oxidation sites excluding steroid dienone is 1. The van der Waals surface area contributed by atoms with E-state index in [4.69, 9.17) is 0 Å². The highest BCUT2D eigenvalue weighted by Crippen LogP contribution is 2.30. The Kier molecular flexibility index (Phi) is 5.03. The maximum Gasteiger partial charge on any atom is 0.416 e. The highest BCUT2D eigenvalue weighted by molar-refractivity contribution is 9.10. The topological polar surface area (TPSA) is 29.1 Å². The summed E-state index contributed by atoms with van der Waals surface area (Å²) in [6.07, 6.45) is -1.81. The molecule has 114 valence electrons. The van der Waals surface area contributed by atoms with Crippen molar-refractivity contribution in [3.63, 3.8) is 0 Å². The van der Waals surface area contributed by atoms with Crippen molar-refractivity contribution in [3.05, 3.63) is 76.4 Å². The smallest absolute Gasteiger partial charge is 0.362 e. The zero-order chi connectivity index (χ0) is 16.2. The van der Waals surface area contributed by atoms with E-state index in [2.05, 4.69) is 21.2 Å². The molecule has 0 amide bonds.